The molecule has 4 rings (SSSR count). The maximum Gasteiger partial charge on any atom is 0.406 e. The number of aliphatic hydroxyl groups excluding tert-OH is 1. The summed E-state index contributed by atoms with van der Waals surface area (Å²) in [6.07, 6.45) is -4.92. The number of halogens is 4. The molecule has 6 nitrogen and oxygen atoms in total. The molecule has 39 heavy (non-hydrogen) atoms. The summed E-state index contributed by atoms with van der Waals surface area (Å²) in [5.41, 5.74) is 1.90. The molecule has 0 amide bonds. The number of alkyl halides is 4. The zero-order valence-corrected chi connectivity index (χ0v) is 22.6. The molecule has 3 aromatic rings. The van der Waals surface area contributed by atoms with Crippen LogP contribution in [-0.2, 0) is 6.54 Å². The van der Waals surface area contributed by atoms with E-state index in [0.717, 1.165) is 16.0 Å². The normalized spacial score (nSPS) is 18.0. The van der Waals surface area contributed by atoms with Crippen LogP contribution in [0.4, 0.5) is 28.9 Å². The molecule has 2 heterocycles. The van der Waals surface area contributed by atoms with Crippen molar-refractivity contribution in [2.45, 2.75) is 36.3 Å². The van der Waals surface area contributed by atoms with Gasteiger partial charge in [-0.1, -0.05) is 12.0 Å². The third-order valence-corrected chi connectivity index (χ3v) is 7.46. The zero-order valence-electron chi connectivity index (χ0n) is 21.8. The quantitative estimate of drug-likeness (QED) is 0.188. The van der Waals surface area contributed by atoms with Gasteiger partial charge in [0.1, 0.15) is 18.5 Å². The second-order valence-electron chi connectivity index (χ2n) is 9.38. The average molecular weight is 565 g/mol. The lowest BCUT2D eigenvalue weighted by molar-refractivity contribution is -0.140. The van der Waals surface area contributed by atoms with Crippen LogP contribution >= 0.6 is 11.8 Å². The first-order chi connectivity index (χ1) is 18.7. The number of hydrogen-bond acceptors (Lipinski definition) is 6. The standard InChI is InChI=1S/C28H32F4N4O2S/c1-35-12-10-24(22(29)17-35)34-23-6-3-7-26-21(23)15-19(36(26)18-28(30,31)32)5-4-11-33-25-9-8-20(39-14-13-37)16-27(25)38-2/h3,6-9,15-16,22,24,33-34,37H,10-14,17-18H2,1-2H3/t22-,24+/m0/s1. The first-order valence-electron chi connectivity index (χ1n) is 12.6. The number of rotatable bonds is 9. The Balaban J connectivity index is 1.57. The van der Waals surface area contributed by atoms with Crippen molar-refractivity contribution in [3.05, 3.63) is 48.2 Å². The van der Waals surface area contributed by atoms with Crippen LogP contribution in [0, 0.1) is 11.8 Å². The third kappa shape index (κ3) is 7.53. The van der Waals surface area contributed by atoms with Crippen molar-refractivity contribution in [3.63, 3.8) is 0 Å². The summed E-state index contributed by atoms with van der Waals surface area (Å²) < 4.78 is 61.8. The molecule has 1 aliphatic rings. The van der Waals surface area contributed by atoms with Crippen molar-refractivity contribution in [3.8, 4) is 17.6 Å². The van der Waals surface area contributed by atoms with Gasteiger partial charge in [-0.3, -0.25) is 0 Å². The summed E-state index contributed by atoms with van der Waals surface area (Å²) in [4.78, 5) is 2.86. The summed E-state index contributed by atoms with van der Waals surface area (Å²) in [6.45, 7) is 0.110. The Labute approximate surface area is 229 Å². The van der Waals surface area contributed by atoms with Gasteiger partial charge in [0.25, 0.3) is 0 Å². The Morgan fingerprint density at radius 3 is 2.72 bits per heavy atom. The molecule has 0 saturated carbocycles. The molecule has 1 aliphatic heterocycles. The minimum atomic E-state index is -4.44. The monoisotopic (exact) mass is 564 g/mol. The predicted molar refractivity (Wildman–Crippen MR) is 149 cm³/mol. The lowest BCUT2D eigenvalue weighted by Gasteiger charge is -2.33. The fourth-order valence-corrected chi connectivity index (χ4v) is 5.31. The van der Waals surface area contributed by atoms with Crippen LogP contribution < -0.4 is 15.4 Å². The van der Waals surface area contributed by atoms with E-state index >= 15 is 0 Å². The summed E-state index contributed by atoms with van der Waals surface area (Å²) in [5, 5.41) is 16.0. The Hall–Kier alpha value is -3.07. The first-order valence-corrected chi connectivity index (χ1v) is 13.6. The largest absolute Gasteiger partial charge is 0.495 e. The molecule has 0 unspecified atom stereocenters. The highest BCUT2D eigenvalue weighted by atomic mass is 32.2. The second-order valence-corrected chi connectivity index (χ2v) is 10.5. The van der Waals surface area contributed by atoms with Gasteiger partial charge in [-0.2, -0.15) is 13.2 Å². The van der Waals surface area contributed by atoms with Crippen LogP contribution in [0.25, 0.3) is 10.9 Å². The van der Waals surface area contributed by atoms with Crippen LogP contribution in [-0.4, -0.2) is 79.1 Å². The topological polar surface area (TPSA) is 61.7 Å². The maximum absolute atomic E-state index is 14.7. The number of ether oxygens (including phenoxy) is 1. The SMILES string of the molecule is COc1cc(SCCO)ccc1NCC#Cc1cc2c(N[C@@H]3CCN(C)C[C@@H]3F)cccc2n1CC(F)(F)F. The van der Waals surface area contributed by atoms with Crippen LogP contribution in [0.5, 0.6) is 5.75 Å². The molecular formula is C28H32F4N4O2S. The van der Waals surface area contributed by atoms with E-state index < -0.39 is 24.9 Å². The van der Waals surface area contributed by atoms with E-state index in [4.69, 9.17) is 9.84 Å². The number of likely N-dealkylation sites (tertiary alicyclic amines) is 1. The number of thioether (sulfide) groups is 1. The van der Waals surface area contributed by atoms with E-state index in [9.17, 15) is 17.6 Å². The van der Waals surface area contributed by atoms with Crippen molar-refractivity contribution in [1.82, 2.24) is 9.47 Å². The number of anilines is 2. The van der Waals surface area contributed by atoms with Gasteiger partial charge in [0.05, 0.1) is 43.2 Å². The highest BCUT2D eigenvalue weighted by Crippen LogP contribution is 2.32. The summed E-state index contributed by atoms with van der Waals surface area (Å²) in [5.74, 6) is 6.97. The third-order valence-electron chi connectivity index (χ3n) is 6.49. The molecule has 0 bridgehead atoms. The Bertz CT molecular complexity index is 1330. The molecule has 2 atom stereocenters. The van der Waals surface area contributed by atoms with E-state index in [2.05, 4.69) is 22.5 Å². The van der Waals surface area contributed by atoms with Crippen molar-refractivity contribution >= 4 is 34.0 Å². The predicted octanol–water partition coefficient (Wildman–Crippen LogP) is 5.21. The molecule has 0 aliphatic carbocycles. The fraction of sp³-hybridized carbons (Fsp3) is 0.429. The molecule has 11 heteroatoms. The number of hydrogen-bond donors (Lipinski definition) is 3. The minimum absolute atomic E-state index is 0.0692. The lowest BCUT2D eigenvalue weighted by atomic mass is 10.0. The number of methoxy groups -OCH3 is 1. The van der Waals surface area contributed by atoms with E-state index in [1.54, 1.807) is 31.4 Å². The number of nitrogens with one attached hydrogen (secondary N) is 2. The number of aromatic nitrogens is 1. The van der Waals surface area contributed by atoms with Crippen LogP contribution in [0.2, 0.25) is 0 Å². The average Bonchev–Trinajstić information content (AvgIpc) is 3.23. The van der Waals surface area contributed by atoms with Gasteiger partial charge in [-0.25, -0.2) is 4.39 Å². The zero-order chi connectivity index (χ0) is 28.0. The second kappa shape index (κ2) is 12.9. The van der Waals surface area contributed by atoms with Crippen LogP contribution in [0.15, 0.2) is 47.4 Å². The molecule has 1 saturated heterocycles. The smallest absolute Gasteiger partial charge is 0.406 e. The van der Waals surface area contributed by atoms with Gasteiger partial charge in [0.2, 0.25) is 0 Å². The summed E-state index contributed by atoms with van der Waals surface area (Å²) >= 11 is 1.50. The van der Waals surface area contributed by atoms with Gasteiger partial charge in [-0.05, 0) is 55.8 Å². The van der Waals surface area contributed by atoms with E-state index in [-0.39, 0.29) is 18.8 Å². The van der Waals surface area contributed by atoms with Gasteiger partial charge in [0, 0.05) is 34.8 Å². The number of piperidine rings is 1. The molecule has 2 aromatic carbocycles. The van der Waals surface area contributed by atoms with Crippen LogP contribution in [0.3, 0.4) is 0 Å². The van der Waals surface area contributed by atoms with Crippen LogP contribution in [0.1, 0.15) is 12.1 Å². The summed E-state index contributed by atoms with van der Waals surface area (Å²) in [7, 11) is 3.41. The molecular weight excluding hydrogens is 532 g/mol. The summed E-state index contributed by atoms with van der Waals surface area (Å²) in [6, 6.07) is 11.8. The Morgan fingerprint density at radius 2 is 2.00 bits per heavy atom. The van der Waals surface area contributed by atoms with E-state index in [0.29, 0.717) is 46.7 Å². The van der Waals surface area contributed by atoms with Crippen molar-refractivity contribution in [1.29, 1.82) is 0 Å². The molecule has 0 radical (unpaired) electrons. The maximum atomic E-state index is 14.7. The van der Waals surface area contributed by atoms with E-state index in [1.165, 1.54) is 11.8 Å². The van der Waals surface area contributed by atoms with Gasteiger partial charge >= 0.3 is 6.18 Å². The van der Waals surface area contributed by atoms with Gasteiger partial charge < -0.3 is 29.9 Å². The minimum Gasteiger partial charge on any atom is -0.495 e. The highest BCUT2D eigenvalue weighted by Gasteiger charge is 2.31. The van der Waals surface area contributed by atoms with Gasteiger partial charge in [-0.15, -0.1) is 11.8 Å². The molecule has 210 valence electrons. The number of aliphatic hydroxyl groups is 1. The number of benzene rings is 2. The lowest BCUT2D eigenvalue weighted by Crippen LogP contribution is -2.46. The molecule has 1 aromatic heterocycles. The highest BCUT2D eigenvalue weighted by molar-refractivity contribution is 7.99. The molecule has 3 N–H and O–H groups in total. The van der Waals surface area contributed by atoms with Crippen molar-refractivity contribution in [2.24, 2.45) is 0 Å². The number of fused-ring (bicyclic) bond motifs is 1. The van der Waals surface area contributed by atoms with Crippen molar-refractivity contribution in [2.75, 3.05) is 56.8 Å². The Morgan fingerprint density at radius 1 is 1.18 bits per heavy atom. The first kappa shape index (κ1) is 28.9. The van der Waals surface area contributed by atoms with E-state index in [1.807, 2.05) is 30.1 Å². The van der Waals surface area contributed by atoms with Gasteiger partial charge in [0.15, 0.2) is 0 Å². The molecule has 1 fully saturated rings. The number of nitrogens with zero attached hydrogens (tertiary/aromatic N) is 2. The van der Waals surface area contributed by atoms with Crippen molar-refractivity contribution < 1.29 is 27.4 Å². The molecule has 0 spiro atoms. The fourth-order valence-electron chi connectivity index (χ4n) is 4.63. The Kier molecular flexibility index (Phi) is 9.53.